The van der Waals surface area contributed by atoms with Crippen molar-refractivity contribution in [3.05, 3.63) is 21.5 Å². The summed E-state index contributed by atoms with van der Waals surface area (Å²) in [5.74, 6) is 0. The molecular formula is C11H14BrN3O2S. The van der Waals surface area contributed by atoms with Gasteiger partial charge >= 0.3 is 0 Å². The average molecular weight is 332 g/mol. The van der Waals surface area contributed by atoms with E-state index in [0.717, 1.165) is 15.6 Å². The summed E-state index contributed by atoms with van der Waals surface area (Å²) >= 11 is 8.69. The van der Waals surface area contributed by atoms with E-state index in [0.29, 0.717) is 17.9 Å². The molecule has 0 saturated carbocycles. The second kappa shape index (κ2) is 5.92. The third kappa shape index (κ3) is 2.80. The van der Waals surface area contributed by atoms with E-state index < -0.39 is 0 Å². The Hall–Kier alpha value is -0.760. The highest BCUT2D eigenvalue weighted by atomic mass is 79.9. The molecule has 2 heterocycles. The van der Waals surface area contributed by atoms with Crippen LogP contribution in [0.25, 0.3) is 11.2 Å². The van der Waals surface area contributed by atoms with Gasteiger partial charge in [-0.3, -0.25) is 4.57 Å². The van der Waals surface area contributed by atoms with Crippen LogP contribution in [0.3, 0.4) is 0 Å². The van der Waals surface area contributed by atoms with Crippen LogP contribution >= 0.6 is 28.1 Å². The van der Waals surface area contributed by atoms with Crippen LogP contribution in [0.4, 0.5) is 0 Å². The maximum absolute atomic E-state index is 5.35. The summed E-state index contributed by atoms with van der Waals surface area (Å²) in [6, 6.07) is 1.95. The van der Waals surface area contributed by atoms with Gasteiger partial charge in [-0.05, 0) is 34.2 Å². The number of hydrogen-bond donors (Lipinski definition) is 1. The van der Waals surface area contributed by atoms with Crippen LogP contribution in [0.5, 0.6) is 0 Å². The predicted molar refractivity (Wildman–Crippen MR) is 75.3 cm³/mol. The molecule has 1 N–H and O–H groups in total. The Labute approximate surface area is 118 Å². The van der Waals surface area contributed by atoms with Crippen molar-refractivity contribution < 1.29 is 9.47 Å². The molecule has 2 rings (SSSR count). The van der Waals surface area contributed by atoms with Crippen LogP contribution < -0.4 is 0 Å². The van der Waals surface area contributed by atoms with E-state index in [2.05, 4.69) is 25.9 Å². The third-order valence-electron chi connectivity index (χ3n) is 2.65. The lowest BCUT2D eigenvalue weighted by Crippen LogP contribution is -2.24. The monoisotopic (exact) mass is 331 g/mol. The van der Waals surface area contributed by atoms with Crippen LogP contribution in [-0.4, -0.2) is 41.5 Å². The lowest BCUT2D eigenvalue weighted by Gasteiger charge is -2.15. The Balaban J connectivity index is 2.38. The van der Waals surface area contributed by atoms with Crippen molar-refractivity contribution >= 4 is 39.3 Å². The maximum atomic E-state index is 5.35. The van der Waals surface area contributed by atoms with Gasteiger partial charge in [0, 0.05) is 24.9 Å². The first-order valence-electron chi connectivity index (χ1n) is 5.41. The van der Waals surface area contributed by atoms with E-state index in [4.69, 9.17) is 21.7 Å². The summed E-state index contributed by atoms with van der Waals surface area (Å²) in [7, 11) is 3.31. The number of aromatic nitrogens is 3. The fourth-order valence-corrected chi connectivity index (χ4v) is 2.37. The van der Waals surface area contributed by atoms with Crippen molar-refractivity contribution in [3.63, 3.8) is 0 Å². The topological polar surface area (TPSA) is 52.1 Å². The number of imidazole rings is 1. The molecule has 0 aromatic carbocycles. The normalized spacial score (nSPS) is 13.1. The number of hydrogen-bond acceptors (Lipinski definition) is 4. The molecule has 0 aliphatic carbocycles. The summed E-state index contributed by atoms with van der Waals surface area (Å²) in [5, 5.41) is 0. The summed E-state index contributed by atoms with van der Waals surface area (Å²) in [6.45, 7) is 1.12. The van der Waals surface area contributed by atoms with E-state index >= 15 is 0 Å². The van der Waals surface area contributed by atoms with E-state index in [9.17, 15) is 0 Å². The molecule has 98 valence electrons. The number of halogens is 1. The largest absolute Gasteiger partial charge is 0.382 e. The van der Waals surface area contributed by atoms with Crippen molar-refractivity contribution in [2.45, 2.75) is 12.6 Å². The molecule has 0 aliphatic rings. The lowest BCUT2D eigenvalue weighted by molar-refractivity contribution is 0.0187. The Morgan fingerprint density at radius 1 is 1.56 bits per heavy atom. The standard InChI is InChI=1S/C11H14BrN3O2S/c1-16-6-8(17-2)5-15-10-9(14-11(15)18)3-7(12)4-13-10/h3-4,8H,5-6H2,1-2H3,(H,14,18). The van der Waals surface area contributed by atoms with Crippen LogP contribution in [-0.2, 0) is 16.0 Å². The third-order valence-corrected chi connectivity index (χ3v) is 3.40. The molecule has 0 radical (unpaired) electrons. The van der Waals surface area contributed by atoms with Crippen molar-refractivity contribution in [1.82, 2.24) is 14.5 Å². The first-order valence-corrected chi connectivity index (χ1v) is 6.61. The number of fused-ring (bicyclic) bond motifs is 1. The second-order valence-electron chi connectivity index (χ2n) is 3.88. The maximum Gasteiger partial charge on any atom is 0.179 e. The quantitative estimate of drug-likeness (QED) is 0.855. The summed E-state index contributed by atoms with van der Waals surface area (Å²) in [4.78, 5) is 7.50. The van der Waals surface area contributed by atoms with E-state index in [1.54, 1.807) is 20.4 Å². The van der Waals surface area contributed by atoms with Gasteiger partial charge < -0.3 is 14.5 Å². The van der Waals surface area contributed by atoms with Crippen molar-refractivity contribution in [2.24, 2.45) is 0 Å². The van der Waals surface area contributed by atoms with Gasteiger partial charge in [-0.15, -0.1) is 0 Å². The van der Waals surface area contributed by atoms with E-state index in [1.165, 1.54) is 0 Å². The molecule has 0 aliphatic heterocycles. The number of aromatic amines is 1. The highest BCUT2D eigenvalue weighted by molar-refractivity contribution is 9.10. The zero-order valence-corrected chi connectivity index (χ0v) is 12.5. The fraction of sp³-hybridized carbons (Fsp3) is 0.455. The number of H-pyrrole nitrogens is 1. The van der Waals surface area contributed by atoms with Gasteiger partial charge in [0.25, 0.3) is 0 Å². The minimum atomic E-state index is -0.0499. The molecule has 5 nitrogen and oxygen atoms in total. The molecule has 18 heavy (non-hydrogen) atoms. The van der Waals surface area contributed by atoms with E-state index in [-0.39, 0.29) is 6.10 Å². The molecule has 0 saturated heterocycles. The van der Waals surface area contributed by atoms with Gasteiger partial charge in [-0.25, -0.2) is 4.98 Å². The molecule has 1 atom stereocenters. The highest BCUT2D eigenvalue weighted by Crippen LogP contribution is 2.17. The summed E-state index contributed by atoms with van der Waals surface area (Å²) in [5.41, 5.74) is 1.72. The molecule has 0 amide bonds. The molecule has 0 bridgehead atoms. The van der Waals surface area contributed by atoms with Crippen LogP contribution in [0.2, 0.25) is 0 Å². The molecule has 2 aromatic rings. The number of nitrogens with one attached hydrogen (secondary N) is 1. The van der Waals surface area contributed by atoms with Gasteiger partial charge in [0.15, 0.2) is 10.4 Å². The van der Waals surface area contributed by atoms with Gasteiger partial charge in [-0.2, -0.15) is 0 Å². The predicted octanol–water partition coefficient (Wildman–Crippen LogP) is 2.52. The van der Waals surface area contributed by atoms with Crippen LogP contribution in [0.1, 0.15) is 0 Å². The van der Waals surface area contributed by atoms with Crippen molar-refractivity contribution in [1.29, 1.82) is 0 Å². The molecule has 1 unspecified atom stereocenters. The van der Waals surface area contributed by atoms with Gasteiger partial charge in [-0.1, -0.05) is 0 Å². The Kier molecular flexibility index (Phi) is 4.50. The second-order valence-corrected chi connectivity index (χ2v) is 5.18. The Morgan fingerprint density at radius 2 is 2.33 bits per heavy atom. The summed E-state index contributed by atoms with van der Waals surface area (Å²) in [6.07, 6.45) is 1.70. The van der Waals surface area contributed by atoms with Gasteiger partial charge in [0.1, 0.15) is 0 Å². The minimum absolute atomic E-state index is 0.0499. The molecular weight excluding hydrogens is 318 g/mol. The summed E-state index contributed by atoms with van der Waals surface area (Å²) < 4.78 is 13.9. The zero-order chi connectivity index (χ0) is 13.1. The van der Waals surface area contributed by atoms with Crippen LogP contribution in [0, 0.1) is 4.77 Å². The lowest BCUT2D eigenvalue weighted by atomic mass is 10.3. The number of pyridine rings is 1. The van der Waals surface area contributed by atoms with Gasteiger partial charge in [0.2, 0.25) is 0 Å². The number of ether oxygens (including phenoxy) is 2. The SMILES string of the molecule is COCC(Cn1c(=S)[nH]c2cc(Br)cnc21)OC. The van der Waals surface area contributed by atoms with Crippen molar-refractivity contribution in [3.8, 4) is 0 Å². The molecule has 0 fully saturated rings. The number of methoxy groups -OCH3 is 2. The molecule has 7 heteroatoms. The number of nitrogens with zero attached hydrogens (tertiary/aromatic N) is 2. The smallest absolute Gasteiger partial charge is 0.179 e. The average Bonchev–Trinajstić information content (AvgIpc) is 2.64. The number of rotatable bonds is 5. The van der Waals surface area contributed by atoms with Crippen LogP contribution in [0.15, 0.2) is 16.7 Å². The van der Waals surface area contributed by atoms with E-state index in [1.807, 2.05) is 10.6 Å². The Morgan fingerprint density at radius 3 is 3.00 bits per heavy atom. The zero-order valence-electron chi connectivity index (χ0n) is 10.1. The van der Waals surface area contributed by atoms with Crippen molar-refractivity contribution in [2.75, 3.05) is 20.8 Å². The minimum Gasteiger partial charge on any atom is -0.382 e. The first kappa shape index (κ1) is 13.7. The van der Waals surface area contributed by atoms with Gasteiger partial charge in [0.05, 0.1) is 24.8 Å². The first-order chi connectivity index (χ1) is 8.65. The Bertz CT molecular complexity index is 595. The fourth-order valence-electron chi connectivity index (χ4n) is 1.77. The molecule has 0 spiro atoms. The highest BCUT2D eigenvalue weighted by Gasteiger charge is 2.12. The molecule has 2 aromatic heterocycles.